The fourth-order valence-corrected chi connectivity index (χ4v) is 6.25. The Labute approximate surface area is 236 Å². The molecule has 1 fully saturated rings. The number of pyridine rings is 1. The van der Waals surface area contributed by atoms with E-state index >= 15 is 0 Å². The molecule has 40 heavy (non-hydrogen) atoms. The Morgan fingerprint density at radius 1 is 1.23 bits per heavy atom. The maximum Gasteiger partial charge on any atom is 0.319 e. The van der Waals surface area contributed by atoms with Gasteiger partial charge in [0.25, 0.3) is 0 Å². The summed E-state index contributed by atoms with van der Waals surface area (Å²) in [6, 6.07) is 3.29. The van der Waals surface area contributed by atoms with Crippen molar-refractivity contribution in [3.63, 3.8) is 0 Å². The van der Waals surface area contributed by atoms with Crippen LogP contribution >= 0.6 is 0 Å². The smallest absolute Gasteiger partial charge is 0.319 e. The molecule has 4 aliphatic rings. The predicted octanol–water partition coefficient (Wildman–Crippen LogP) is 6.03. The van der Waals surface area contributed by atoms with Crippen molar-refractivity contribution in [1.82, 2.24) is 15.6 Å². The Morgan fingerprint density at radius 3 is 2.88 bits per heavy atom. The summed E-state index contributed by atoms with van der Waals surface area (Å²) in [7, 11) is 0. The third kappa shape index (κ3) is 6.66. The highest BCUT2D eigenvalue weighted by molar-refractivity contribution is 6.24. The zero-order valence-electron chi connectivity index (χ0n) is 23.5. The Kier molecular flexibility index (Phi) is 9.37. The van der Waals surface area contributed by atoms with Gasteiger partial charge in [-0.2, -0.15) is 4.39 Å². The van der Waals surface area contributed by atoms with Crippen LogP contribution in [0.15, 0.2) is 75.5 Å². The molecule has 0 aromatic carbocycles. The van der Waals surface area contributed by atoms with Crippen LogP contribution in [0.2, 0.25) is 0 Å². The maximum atomic E-state index is 13.7. The minimum Gasteiger partial charge on any atom is -0.373 e. The second kappa shape index (κ2) is 13.3. The first-order chi connectivity index (χ1) is 19.5. The Bertz CT molecular complexity index is 1260. The molecule has 7 nitrogen and oxygen atoms in total. The van der Waals surface area contributed by atoms with Crippen LogP contribution < -0.4 is 10.6 Å². The third-order valence-electron chi connectivity index (χ3n) is 8.37. The van der Waals surface area contributed by atoms with Gasteiger partial charge in [-0.1, -0.05) is 43.7 Å². The average molecular weight is 546 g/mol. The summed E-state index contributed by atoms with van der Waals surface area (Å²) >= 11 is 0. The fourth-order valence-electron chi connectivity index (χ4n) is 6.25. The number of hydrogen-bond donors (Lipinski definition) is 2. The van der Waals surface area contributed by atoms with E-state index < -0.39 is 5.95 Å². The van der Waals surface area contributed by atoms with Gasteiger partial charge in [0.15, 0.2) is 0 Å². The van der Waals surface area contributed by atoms with Gasteiger partial charge in [0, 0.05) is 55.2 Å². The fraction of sp³-hybridized carbons (Fsp3) is 0.500. The van der Waals surface area contributed by atoms with Gasteiger partial charge < -0.3 is 15.4 Å². The lowest BCUT2D eigenvalue weighted by molar-refractivity contribution is 0.0906. The zero-order chi connectivity index (χ0) is 27.9. The summed E-state index contributed by atoms with van der Waals surface area (Å²) in [6.45, 7) is 5.97. The molecule has 3 unspecified atom stereocenters. The number of rotatable bonds is 8. The lowest BCUT2D eigenvalue weighted by atomic mass is 9.81. The van der Waals surface area contributed by atoms with Crippen molar-refractivity contribution < 1.29 is 13.9 Å². The minimum absolute atomic E-state index is 0.0516. The molecule has 1 saturated heterocycles. The summed E-state index contributed by atoms with van der Waals surface area (Å²) < 4.78 is 19.6. The molecular weight excluding hydrogens is 505 g/mol. The molecule has 0 bridgehead atoms. The highest BCUT2D eigenvalue weighted by atomic mass is 19.1. The number of halogens is 1. The van der Waals surface area contributed by atoms with Gasteiger partial charge in [0.05, 0.1) is 17.9 Å². The number of aromatic nitrogens is 1. The van der Waals surface area contributed by atoms with Crippen LogP contribution in [0.4, 0.5) is 9.18 Å². The normalized spacial score (nSPS) is 28.2. The van der Waals surface area contributed by atoms with Gasteiger partial charge in [-0.25, -0.2) is 9.78 Å². The van der Waals surface area contributed by atoms with E-state index in [1.165, 1.54) is 12.3 Å². The van der Waals surface area contributed by atoms with Crippen molar-refractivity contribution in [3.8, 4) is 0 Å². The van der Waals surface area contributed by atoms with Crippen LogP contribution in [0.5, 0.6) is 0 Å². The summed E-state index contributed by atoms with van der Waals surface area (Å²) in [4.78, 5) is 26.8. The lowest BCUT2D eigenvalue weighted by Crippen LogP contribution is -2.41. The van der Waals surface area contributed by atoms with E-state index in [0.717, 1.165) is 66.6 Å². The molecule has 8 heteroatoms. The molecule has 4 heterocycles. The molecule has 0 saturated carbocycles. The number of dihydropyridines is 1. The van der Waals surface area contributed by atoms with Crippen LogP contribution in [0.1, 0.15) is 64.0 Å². The molecule has 2 N–H and O–H groups in total. The molecule has 1 aromatic heterocycles. The molecular formula is C32H40FN5O2. The Morgan fingerprint density at radius 2 is 2.12 bits per heavy atom. The number of aliphatic imine (C=N–C) groups is 2. The first kappa shape index (κ1) is 28.1. The van der Waals surface area contributed by atoms with Crippen LogP contribution in [0, 0.1) is 23.7 Å². The largest absolute Gasteiger partial charge is 0.373 e. The topological polar surface area (TPSA) is 88.0 Å². The molecule has 0 radical (unpaired) electrons. The monoisotopic (exact) mass is 545 g/mol. The molecule has 5 atom stereocenters. The van der Waals surface area contributed by atoms with Gasteiger partial charge in [0.1, 0.15) is 0 Å². The summed E-state index contributed by atoms with van der Waals surface area (Å²) in [6.07, 6.45) is 19.7. The standard InChI is InChI=1S/C32H40FN5O2/c1-3-7-26-11-10-24(19-36-26)29-21(2)30(27(13-16-35-29)22-8-5-4-6-9-22)38-32(39)37-20-25-14-17-40-31(25)23-12-15-34-28(33)18-23/h4-6,8,10,12,15,18-19,22,25-27,31H,3,7,9,11,13-14,16-17,20H2,1-2H3,(H2,37,38,39)/t22?,25-,26?,27?,31-/m0/s1. The number of allylic oxidation sites excluding steroid dienone is 7. The first-order valence-corrected chi connectivity index (χ1v) is 14.6. The maximum absolute atomic E-state index is 13.7. The van der Waals surface area contributed by atoms with Crippen LogP contribution in [0.3, 0.4) is 0 Å². The molecule has 212 valence electrons. The van der Waals surface area contributed by atoms with Crippen molar-refractivity contribution in [1.29, 1.82) is 0 Å². The zero-order valence-corrected chi connectivity index (χ0v) is 23.5. The highest BCUT2D eigenvalue weighted by Gasteiger charge is 2.32. The molecule has 1 aliphatic carbocycles. The van der Waals surface area contributed by atoms with Gasteiger partial charge in [-0.05, 0) is 68.2 Å². The van der Waals surface area contributed by atoms with Crippen LogP contribution in [0.25, 0.3) is 0 Å². The number of carbonyl (C=O) groups excluding carboxylic acids is 1. The van der Waals surface area contributed by atoms with Crippen LogP contribution in [-0.2, 0) is 4.74 Å². The van der Waals surface area contributed by atoms with Crippen molar-refractivity contribution in [2.45, 2.75) is 64.5 Å². The van der Waals surface area contributed by atoms with Gasteiger partial charge in [-0.15, -0.1) is 0 Å². The number of carbonyl (C=O) groups is 1. The second-order valence-electron chi connectivity index (χ2n) is 11.1. The number of nitrogens with zero attached hydrogens (tertiary/aromatic N) is 3. The van der Waals surface area contributed by atoms with E-state index in [1.54, 1.807) is 6.07 Å². The first-order valence-electron chi connectivity index (χ1n) is 14.6. The Balaban J connectivity index is 1.32. The summed E-state index contributed by atoms with van der Waals surface area (Å²) in [5, 5.41) is 6.33. The molecule has 2 amide bonds. The van der Waals surface area contributed by atoms with Gasteiger partial charge in [-0.3, -0.25) is 9.98 Å². The number of urea groups is 1. The molecule has 3 aliphatic heterocycles. The summed E-state index contributed by atoms with van der Waals surface area (Å²) in [5.41, 5.74) is 4.65. The van der Waals surface area contributed by atoms with Crippen molar-refractivity contribution in [2.75, 3.05) is 19.7 Å². The molecule has 1 aromatic rings. The SMILES string of the molecule is CCCC1CC=C(C2=NCCC(C3C=CC=CC3)C(NC(=O)NC[C@@H]3CCO[C@H]3c3ccnc(F)c3)=C2C)C=N1. The van der Waals surface area contributed by atoms with Gasteiger partial charge in [0.2, 0.25) is 5.95 Å². The molecule has 0 spiro atoms. The van der Waals surface area contributed by atoms with Crippen molar-refractivity contribution in [2.24, 2.45) is 27.7 Å². The number of hydrogen-bond acceptors (Lipinski definition) is 5. The van der Waals surface area contributed by atoms with E-state index in [4.69, 9.17) is 14.7 Å². The lowest BCUT2D eigenvalue weighted by Gasteiger charge is -2.29. The number of nitrogens with one attached hydrogen (secondary N) is 2. The van der Waals surface area contributed by atoms with E-state index in [1.807, 2.05) is 6.21 Å². The molecule has 5 rings (SSSR count). The third-order valence-corrected chi connectivity index (χ3v) is 8.37. The Hall–Kier alpha value is -3.39. The van der Waals surface area contributed by atoms with E-state index in [9.17, 15) is 9.18 Å². The number of ether oxygens (including phenoxy) is 1. The van der Waals surface area contributed by atoms with E-state index in [-0.39, 0.29) is 24.0 Å². The minimum atomic E-state index is -0.526. The van der Waals surface area contributed by atoms with E-state index in [2.05, 4.69) is 59.8 Å². The second-order valence-corrected chi connectivity index (χ2v) is 11.1. The van der Waals surface area contributed by atoms with E-state index in [0.29, 0.717) is 31.7 Å². The predicted molar refractivity (Wildman–Crippen MR) is 157 cm³/mol. The number of amides is 2. The quantitative estimate of drug-likeness (QED) is 0.391. The van der Waals surface area contributed by atoms with Crippen LogP contribution in [-0.4, -0.2) is 48.7 Å². The van der Waals surface area contributed by atoms with Crippen molar-refractivity contribution >= 4 is 18.0 Å². The summed E-state index contributed by atoms with van der Waals surface area (Å²) in [5.74, 6) is -0.0374. The van der Waals surface area contributed by atoms with Gasteiger partial charge >= 0.3 is 6.03 Å². The van der Waals surface area contributed by atoms with Crippen molar-refractivity contribution in [3.05, 3.63) is 77.1 Å². The average Bonchev–Trinajstić information content (AvgIpc) is 3.39. The highest BCUT2D eigenvalue weighted by Crippen LogP contribution is 2.35.